The summed E-state index contributed by atoms with van der Waals surface area (Å²) in [7, 11) is 0. The molecule has 1 saturated heterocycles. The van der Waals surface area contributed by atoms with Gasteiger partial charge in [0.15, 0.2) is 0 Å². The summed E-state index contributed by atoms with van der Waals surface area (Å²) in [4.78, 5) is 24.0. The first-order valence-electron chi connectivity index (χ1n) is 5.35. The maximum absolute atomic E-state index is 11.8. The SMILES string of the molecule is O=CN1CCC(C(=O)Nc2ccccc2)C1. The summed E-state index contributed by atoms with van der Waals surface area (Å²) in [6, 6.07) is 9.36. The van der Waals surface area contributed by atoms with E-state index in [0.29, 0.717) is 13.1 Å². The lowest BCUT2D eigenvalue weighted by molar-refractivity contribution is -0.120. The number of carbonyl (C=O) groups excluding carboxylic acids is 2. The van der Waals surface area contributed by atoms with Crippen LogP contribution in [0.25, 0.3) is 0 Å². The molecule has 1 heterocycles. The fraction of sp³-hybridized carbons (Fsp3) is 0.333. The minimum absolute atomic E-state index is 0.00412. The van der Waals surface area contributed by atoms with Crippen LogP contribution >= 0.6 is 0 Å². The third kappa shape index (κ3) is 2.39. The summed E-state index contributed by atoms with van der Waals surface area (Å²) >= 11 is 0. The number of para-hydroxylation sites is 1. The van der Waals surface area contributed by atoms with Crippen LogP contribution in [0.15, 0.2) is 30.3 Å². The molecule has 1 aliphatic rings. The maximum atomic E-state index is 11.8. The van der Waals surface area contributed by atoms with Crippen molar-refractivity contribution in [1.82, 2.24) is 4.90 Å². The molecule has 1 N–H and O–H groups in total. The van der Waals surface area contributed by atoms with Crippen LogP contribution in [-0.4, -0.2) is 30.3 Å². The largest absolute Gasteiger partial charge is 0.344 e. The zero-order valence-corrected chi connectivity index (χ0v) is 8.93. The van der Waals surface area contributed by atoms with Gasteiger partial charge in [-0.05, 0) is 18.6 Å². The minimum atomic E-state index is -0.0783. The predicted molar refractivity (Wildman–Crippen MR) is 60.8 cm³/mol. The van der Waals surface area contributed by atoms with Gasteiger partial charge in [0.05, 0.1) is 5.92 Å². The van der Waals surface area contributed by atoms with E-state index < -0.39 is 0 Å². The highest BCUT2D eigenvalue weighted by Gasteiger charge is 2.27. The van der Waals surface area contributed by atoms with Crippen molar-refractivity contribution < 1.29 is 9.59 Å². The van der Waals surface area contributed by atoms with Gasteiger partial charge in [0.2, 0.25) is 12.3 Å². The standard InChI is InChI=1S/C12H14N2O2/c15-9-14-7-6-10(8-14)12(16)13-11-4-2-1-3-5-11/h1-5,9-10H,6-8H2,(H,13,16). The number of carbonyl (C=O) groups is 2. The van der Waals surface area contributed by atoms with Gasteiger partial charge in [-0.25, -0.2) is 0 Å². The fourth-order valence-corrected chi connectivity index (χ4v) is 1.86. The summed E-state index contributed by atoms with van der Waals surface area (Å²) in [6.45, 7) is 1.21. The third-order valence-electron chi connectivity index (χ3n) is 2.78. The van der Waals surface area contributed by atoms with Gasteiger partial charge in [0.1, 0.15) is 0 Å². The van der Waals surface area contributed by atoms with Crippen LogP contribution in [0.1, 0.15) is 6.42 Å². The number of nitrogens with zero attached hydrogens (tertiary/aromatic N) is 1. The second-order valence-corrected chi connectivity index (χ2v) is 3.94. The van der Waals surface area contributed by atoms with E-state index in [0.717, 1.165) is 18.5 Å². The van der Waals surface area contributed by atoms with Crippen LogP contribution in [0.4, 0.5) is 5.69 Å². The van der Waals surface area contributed by atoms with E-state index in [1.165, 1.54) is 0 Å². The molecule has 16 heavy (non-hydrogen) atoms. The van der Waals surface area contributed by atoms with Crippen molar-refractivity contribution in [2.45, 2.75) is 6.42 Å². The van der Waals surface area contributed by atoms with Crippen LogP contribution in [0.5, 0.6) is 0 Å². The van der Waals surface area contributed by atoms with Crippen LogP contribution in [-0.2, 0) is 9.59 Å². The third-order valence-corrected chi connectivity index (χ3v) is 2.78. The number of hydrogen-bond acceptors (Lipinski definition) is 2. The van der Waals surface area contributed by atoms with Gasteiger partial charge in [0, 0.05) is 18.8 Å². The van der Waals surface area contributed by atoms with Crippen LogP contribution in [0, 0.1) is 5.92 Å². The molecule has 1 fully saturated rings. The predicted octanol–water partition coefficient (Wildman–Crippen LogP) is 1.10. The van der Waals surface area contributed by atoms with Gasteiger partial charge >= 0.3 is 0 Å². The van der Waals surface area contributed by atoms with Gasteiger partial charge in [0.25, 0.3) is 0 Å². The van der Waals surface area contributed by atoms with Crippen molar-refractivity contribution >= 4 is 18.0 Å². The van der Waals surface area contributed by atoms with Crippen LogP contribution in [0.2, 0.25) is 0 Å². The Balaban J connectivity index is 1.92. The Labute approximate surface area is 94.2 Å². The maximum Gasteiger partial charge on any atom is 0.229 e. The fourth-order valence-electron chi connectivity index (χ4n) is 1.86. The van der Waals surface area contributed by atoms with Crippen molar-refractivity contribution in [2.24, 2.45) is 5.92 Å². The first-order chi connectivity index (χ1) is 7.79. The number of amides is 2. The Hall–Kier alpha value is -1.84. The molecule has 0 aromatic heterocycles. The van der Waals surface area contributed by atoms with Crippen molar-refractivity contribution in [3.8, 4) is 0 Å². The van der Waals surface area contributed by atoms with E-state index in [9.17, 15) is 9.59 Å². The molecule has 0 saturated carbocycles. The molecule has 2 rings (SSSR count). The van der Waals surface area contributed by atoms with Crippen molar-refractivity contribution in [3.05, 3.63) is 30.3 Å². The summed E-state index contributed by atoms with van der Waals surface area (Å²) in [6.07, 6.45) is 1.55. The second-order valence-electron chi connectivity index (χ2n) is 3.94. The molecule has 1 aliphatic heterocycles. The highest BCUT2D eigenvalue weighted by atomic mass is 16.2. The van der Waals surface area contributed by atoms with E-state index in [1.54, 1.807) is 4.90 Å². The van der Waals surface area contributed by atoms with Crippen LogP contribution in [0.3, 0.4) is 0 Å². The number of anilines is 1. The normalized spacial score (nSPS) is 19.5. The van der Waals surface area contributed by atoms with Crippen molar-refractivity contribution in [3.63, 3.8) is 0 Å². The minimum Gasteiger partial charge on any atom is -0.344 e. The molecule has 0 aliphatic carbocycles. The number of likely N-dealkylation sites (tertiary alicyclic amines) is 1. The lowest BCUT2D eigenvalue weighted by atomic mass is 10.1. The number of rotatable bonds is 3. The van der Waals surface area contributed by atoms with Gasteiger partial charge < -0.3 is 10.2 Å². The number of hydrogen-bond donors (Lipinski definition) is 1. The lowest BCUT2D eigenvalue weighted by Crippen LogP contribution is -2.26. The van der Waals surface area contributed by atoms with Gasteiger partial charge in [-0.2, -0.15) is 0 Å². The van der Waals surface area contributed by atoms with Gasteiger partial charge in [-0.15, -0.1) is 0 Å². The first-order valence-corrected chi connectivity index (χ1v) is 5.35. The molecule has 1 aromatic carbocycles. The highest BCUT2D eigenvalue weighted by molar-refractivity contribution is 5.93. The first kappa shape index (κ1) is 10.7. The molecule has 2 amide bonds. The Kier molecular flexibility index (Phi) is 3.19. The van der Waals surface area contributed by atoms with Crippen LogP contribution < -0.4 is 5.32 Å². The number of nitrogens with one attached hydrogen (secondary N) is 1. The second kappa shape index (κ2) is 4.79. The molecule has 1 unspecified atom stereocenters. The van der Waals surface area contributed by atoms with E-state index in [2.05, 4.69) is 5.32 Å². The topological polar surface area (TPSA) is 49.4 Å². The Morgan fingerprint density at radius 2 is 2.12 bits per heavy atom. The van der Waals surface area contributed by atoms with Gasteiger partial charge in [-0.3, -0.25) is 9.59 Å². The lowest BCUT2D eigenvalue weighted by Gasteiger charge is -2.11. The molecule has 1 aromatic rings. The Morgan fingerprint density at radius 1 is 1.38 bits per heavy atom. The van der Waals surface area contributed by atoms with Gasteiger partial charge in [-0.1, -0.05) is 18.2 Å². The van der Waals surface area contributed by atoms with Crippen molar-refractivity contribution in [1.29, 1.82) is 0 Å². The van der Waals surface area contributed by atoms with E-state index in [4.69, 9.17) is 0 Å². The Bertz CT molecular complexity index is 378. The van der Waals surface area contributed by atoms with E-state index in [1.807, 2.05) is 30.3 Å². The molecular formula is C12H14N2O2. The van der Waals surface area contributed by atoms with E-state index >= 15 is 0 Å². The van der Waals surface area contributed by atoms with Crippen molar-refractivity contribution in [2.75, 3.05) is 18.4 Å². The molecule has 1 atom stereocenters. The zero-order chi connectivity index (χ0) is 11.4. The zero-order valence-electron chi connectivity index (χ0n) is 8.93. The summed E-state index contributed by atoms with van der Waals surface area (Å²) in [5.74, 6) is -0.0824. The molecule has 4 heteroatoms. The summed E-state index contributed by atoms with van der Waals surface area (Å²) in [5.41, 5.74) is 0.803. The molecule has 84 valence electrons. The average Bonchev–Trinajstić information content (AvgIpc) is 2.79. The molecule has 0 spiro atoms. The summed E-state index contributed by atoms with van der Waals surface area (Å²) in [5, 5.41) is 2.85. The number of benzene rings is 1. The smallest absolute Gasteiger partial charge is 0.229 e. The molecule has 4 nitrogen and oxygen atoms in total. The molecule has 0 bridgehead atoms. The molecule has 0 radical (unpaired) electrons. The highest BCUT2D eigenvalue weighted by Crippen LogP contribution is 2.17. The quantitative estimate of drug-likeness (QED) is 0.772. The molecular weight excluding hydrogens is 204 g/mol. The summed E-state index contributed by atoms with van der Waals surface area (Å²) < 4.78 is 0. The Morgan fingerprint density at radius 3 is 2.75 bits per heavy atom. The van der Waals surface area contributed by atoms with E-state index in [-0.39, 0.29) is 11.8 Å². The average molecular weight is 218 g/mol. The monoisotopic (exact) mass is 218 g/mol.